The molecule has 0 aliphatic carbocycles. The average Bonchev–Trinajstić information content (AvgIpc) is 2.26. The van der Waals surface area contributed by atoms with Gasteiger partial charge in [-0.25, -0.2) is 0 Å². The summed E-state index contributed by atoms with van der Waals surface area (Å²) in [7, 11) is 0. The summed E-state index contributed by atoms with van der Waals surface area (Å²) in [5.41, 5.74) is 2.27. The molecule has 0 aliphatic heterocycles. The highest BCUT2D eigenvalue weighted by Gasteiger charge is 2.11. The quantitative estimate of drug-likeness (QED) is 0.735. The predicted octanol–water partition coefficient (Wildman–Crippen LogP) is 2.77. The van der Waals surface area contributed by atoms with Gasteiger partial charge in [-0.3, -0.25) is 4.79 Å². The van der Waals surface area contributed by atoms with E-state index in [1.54, 1.807) is 0 Å². The molecule has 0 amide bonds. The lowest BCUT2D eigenvalue weighted by atomic mass is 10.2. The molecule has 0 saturated heterocycles. The van der Waals surface area contributed by atoms with Gasteiger partial charge in [0.25, 0.3) is 0 Å². The van der Waals surface area contributed by atoms with Crippen LogP contribution in [0.3, 0.4) is 0 Å². The molecule has 17 heavy (non-hydrogen) atoms. The molecule has 0 aliphatic rings. The van der Waals surface area contributed by atoms with Crippen LogP contribution in [0.4, 0.5) is 5.69 Å². The number of rotatable bonds is 5. The fourth-order valence-corrected chi connectivity index (χ4v) is 1.60. The second-order valence-corrected chi connectivity index (χ2v) is 4.39. The van der Waals surface area contributed by atoms with Crippen LogP contribution in [-0.4, -0.2) is 25.2 Å². The predicted molar refractivity (Wildman–Crippen MR) is 70.3 cm³/mol. The maximum Gasteiger partial charge on any atom is 0.325 e. The number of hydrogen-bond acceptors (Lipinski definition) is 3. The van der Waals surface area contributed by atoms with Crippen LogP contribution in [-0.2, 0) is 9.53 Å². The monoisotopic (exact) mass is 235 g/mol. The van der Waals surface area contributed by atoms with Crippen LogP contribution in [0.1, 0.15) is 26.3 Å². The highest BCUT2D eigenvalue weighted by atomic mass is 16.5. The molecular formula is C14H21NO2. The zero-order valence-corrected chi connectivity index (χ0v) is 11.1. The normalized spacial score (nSPS) is 10.4. The molecule has 0 fully saturated rings. The molecule has 1 aromatic carbocycles. The number of benzene rings is 1. The van der Waals surface area contributed by atoms with Crippen LogP contribution >= 0.6 is 0 Å². The van der Waals surface area contributed by atoms with Gasteiger partial charge in [0, 0.05) is 12.2 Å². The van der Waals surface area contributed by atoms with Crippen molar-refractivity contribution in [1.29, 1.82) is 0 Å². The molecule has 1 rings (SSSR count). The van der Waals surface area contributed by atoms with Gasteiger partial charge in [0.2, 0.25) is 0 Å². The minimum absolute atomic E-state index is 0.0563. The highest BCUT2D eigenvalue weighted by molar-refractivity contribution is 5.76. The smallest absolute Gasteiger partial charge is 0.325 e. The number of likely N-dealkylation sites (N-methyl/N-ethyl adjacent to an activating group) is 1. The third-order valence-corrected chi connectivity index (χ3v) is 2.47. The molecular weight excluding hydrogens is 214 g/mol. The molecule has 0 aromatic heterocycles. The van der Waals surface area contributed by atoms with Crippen molar-refractivity contribution in [2.24, 2.45) is 0 Å². The Kier molecular flexibility index (Phi) is 5.01. The van der Waals surface area contributed by atoms with Gasteiger partial charge in [-0.1, -0.05) is 17.7 Å². The van der Waals surface area contributed by atoms with Gasteiger partial charge in [0.1, 0.15) is 6.54 Å². The second-order valence-electron chi connectivity index (χ2n) is 4.39. The molecule has 0 radical (unpaired) electrons. The Morgan fingerprint density at radius 1 is 1.29 bits per heavy atom. The first-order valence-electron chi connectivity index (χ1n) is 6.04. The fraction of sp³-hybridized carbons (Fsp3) is 0.500. The van der Waals surface area contributed by atoms with Crippen LogP contribution in [0.25, 0.3) is 0 Å². The Morgan fingerprint density at radius 2 is 1.88 bits per heavy atom. The Balaban J connectivity index is 2.65. The molecule has 3 nitrogen and oxygen atoms in total. The molecule has 0 heterocycles. The summed E-state index contributed by atoms with van der Waals surface area (Å²) in [6.07, 6.45) is -0.0563. The number of carbonyl (C=O) groups excluding carboxylic acids is 1. The highest BCUT2D eigenvalue weighted by Crippen LogP contribution is 2.14. The van der Waals surface area contributed by atoms with E-state index in [1.807, 2.05) is 56.9 Å². The van der Waals surface area contributed by atoms with Crippen molar-refractivity contribution < 1.29 is 9.53 Å². The summed E-state index contributed by atoms with van der Waals surface area (Å²) in [5.74, 6) is -0.178. The van der Waals surface area contributed by atoms with Gasteiger partial charge in [-0.05, 0) is 39.8 Å². The lowest BCUT2D eigenvalue weighted by Gasteiger charge is -2.22. The van der Waals surface area contributed by atoms with Gasteiger partial charge in [0.05, 0.1) is 6.10 Å². The van der Waals surface area contributed by atoms with Crippen molar-refractivity contribution in [2.45, 2.75) is 33.8 Å². The van der Waals surface area contributed by atoms with Crippen molar-refractivity contribution in [3.63, 3.8) is 0 Å². The number of carbonyl (C=O) groups is 1. The average molecular weight is 235 g/mol. The minimum Gasteiger partial charge on any atom is -0.462 e. The van der Waals surface area contributed by atoms with E-state index < -0.39 is 0 Å². The van der Waals surface area contributed by atoms with E-state index >= 15 is 0 Å². The van der Waals surface area contributed by atoms with Crippen LogP contribution in [0.2, 0.25) is 0 Å². The Morgan fingerprint density at radius 3 is 2.35 bits per heavy atom. The van der Waals surface area contributed by atoms with E-state index in [0.29, 0.717) is 6.54 Å². The van der Waals surface area contributed by atoms with Gasteiger partial charge in [0.15, 0.2) is 0 Å². The summed E-state index contributed by atoms with van der Waals surface area (Å²) >= 11 is 0. The maximum absolute atomic E-state index is 11.6. The third-order valence-electron chi connectivity index (χ3n) is 2.47. The largest absolute Gasteiger partial charge is 0.462 e. The topological polar surface area (TPSA) is 29.5 Å². The standard InChI is InChI=1S/C14H21NO2/c1-5-15(10-14(16)17-11(2)3)13-8-6-12(4)7-9-13/h6-9,11H,5,10H2,1-4H3. The molecule has 0 bridgehead atoms. The summed E-state index contributed by atoms with van der Waals surface area (Å²) in [6, 6.07) is 8.15. The van der Waals surface area contributed by atoms with E-state index in [-0.39, 0.29) is 12.1 Å². The van der Waals surface area contributed by atoms with E-state index in [2.05, 4.69) is 0 Å². The summed E-state index contributed by atoms with van der Waals surface area (Å²) < 4.78 is 5.15. The number of nitrogens with zero attached hydrogens (tertiary/aromatic N) is 1. The van der Waals surface area contributed by atoms with Crippen LogP contribution in [0.15, 0.2) is 24.3 Å². The van der Waals surface area contributed by atoms with Crippen molar-refractivity contribution in [2.75, 3.05) is 18.0 Å². The van der Waals surface area contributed by atoms with Gasteiger partial charge in [-0.2, -0.15) is 0 Å². The first-order chi connectivity index (χ1) is 8.02. The number of aryl methyl sites for hydroxylation is 1. The molecule has 94 valence electrons. The maximum atomic E-state index is 11.6. The van der Waals surface area contributed by atoms with Gasteiger partial charge < -0.3 is 9.64 Å². The molecule has 0 saturated carbocycles. The van der Waals surface area contributed by atoms with Gasteiger partial charge in [-0.15, -0.1) is 0 Å². The molecule has 3 heteroatoms. The van der Waals surface area contributed by atoms with E-state index in [4.69, 9.17) is 4.74 Å². The van der Waals surface area contributed by atoms with Crippen molar-refractivity contribution >= 4 is 11.7 Å². The summed E-state index contributed by atoms with van der Waals surface area (Å²) in [6.45, 7) is 8.89. The van der Waals surface area contributed by atoms with Crippen molar-refractivity contribution in [1.82, 2.24) is 0 Å². The number of esters is 1. The zero-order chi connectivity index (χ0) is 12.8. The summed E-state index contributed by atoms with van der Waals surface area (Å²) in [5, 5.41) is 0. The first kappa shape index (κ1) is 13.6. The Bertz CT molecular complexity index is 357. The van der Waals surface area contributed by atoms with E-state index in [1.165, 1.54) is 5.56 Å². The second kappa shape index (κ2) is 6.28. The number of anilines is 1. The summed E-state index contributed by atoms with van der Waals surface area (Å²) in [4.78, 5) is 13.6. The SMILES string of the molecule is CCN(CC(=O)OC(C)C)c1ccc(C)cc1. The molecule has 0 spiro atoms. The van der Waals surface area contributed by atoms with Crippen LogP contribution < -0.4 is 4.90 Å². The van der Waals surface area contributed by atoms with E-state index in [9.17, 15) is 4.79 Å². The zero-order valence-electron chi connectivity index (χ0n) is 11.1. The van der Waals surface area contributed by atoms with Gasteiger partial charge >= 0.3 is 5.97 Å². The van der Waals surface area contributed by atoms with Crippen LogP contribution in [0, 0.1) is 6.92 Å². The number of ether oxygens (including phenoxy) is 1. The fourth-order valence-electron chi connectivity index (χ4n) is 1.60. The van der Waals surface area contributed by atoms with Crippen LogP contribution in [0.5, 0.6) is 0 Å². The van der Waals surface area contributed by atoms with E-state index in [0.717, 1.165) is 12.2 Å². The third kappa shape index (κ3) is 4.47. The number of hydrogen-bond donors (Lipinski definition) is 0. The Hall–Kier alpha value is -1.51. The minimum atomic E-state index is -0.178. The molecule has 0 unspecified atom stereocenters. The first-order valence-corrected chi connectivity index (χ1v) is 6.04. The van der Waals surface area contributed by atoms with Crippen molar-refractivity contribution in [3.8, 4) is 0 Å². The molecule has 0 atom stereocenters. The lowest BCUT2D eigenvalue weighted by Crippen LogP contribution is -2.31. The molecule has 0 N–H and O–H groups in total. The lowest BCUT2D eigenvalue weighted by molar-refractivity contribution is -0.145. The Labute approximate surface area is 103 Å². The van der Waals surface area contributed by atoms with Crippen molar-refractivity contribution in [3.05, 3.63) is 29.8 Å². The molecule has 1 aromatic rings.